The molecule has 3 aromatic carbocycles. The van der Waals surface area contributed by atoms with Crippen molar-refractivity contribution in [2.75, 3.05) is 38.0 Å². The highest BCUT2D eigenvalue weighted by atomic mass is 32.2. The Labute approximate surface area is 183 Å². The highest BCUT2D eigenvalue weighted by molar-refractivity contribution is 7.89. The molecule has 1 N–H and O–H groups in total. The number of carbonyl (C=O) groups excluding carboxylic acids is 1. The summed E-state index contributed by atoms with van der Waals surface area (Å²) in [4.78, 5) is 14.9. The average molecular weight is 438 g/mol. The van der Waals surface area contributed by atoms with Gasteiger partial charge < -0.3 is 5.32 Å². The third-order valence-corrected chi connectivity index (χ3v) is 7.73. The molecule has 0 bridgehead atoms. The van der Waals surface area contributed by atoms with Gasteiger partial charge in [0, 0.05) is 31.9 Å². The standard InChI is InChI=1S/C24H27N3O3S/c1-18-7-8-19(2)23(15-18)31(29,30)27-13-11-26(12-14-27)17-24(28)25-22-10-9-20-5-3-4-6-21(20)16-22/h3-10,15-16H,11-14,17H2,1-2H3,(H,25,28). The molecule has 0 aromatic heterocycles. The molecular formula is C24H27N3O3S. The van der Waals surface area contributed by atoms with E-state index < -0.39 is 10.0 Å². The lowest BCUT2D eigenvalue weighted by atomic mass is 10.1. The fourth-order valence-electron chi connectivity index (χ4n) is 3.92. The third-order valence-electron chi connectivity index (χ3n) is 5.69. The van der Waals surface area contributed by atoms with Crippen molar-refractivity contribution in [1.82, 2.24) is 9.21 Å². The van der Waals surface area contributed by atoms with Gasteiger partial charge in [-0.3, -0.25) is 9.69 Å². The van der Waals surface area contributed by atoms with Crippen molar-refractivity contribution in [3.8, 4) is 0 Å². The van der Waals surface area contributed by atoms with Crippen LogP contribution in [0.4, 0.5) is 5.69 Å². The summed E-state index contributed by atoms with van der Waals surface area (Å²) in [6.07, 6.45) is 0. The number of carbonyl (C=O) groups is 1. The van der Waals surface area contributed by atoms with Gasteiger partial charge in [0.05, 0.1) is 11.4 Å². The Morgan fingerprint density at radius 1 is 0.903 bits per heavy atom. The highest BCUT2D eigenvalue weighted by Gasteiger charge is 2.30. The molecule has 0 unspecified atom stereocenters. The van der Waals surface area contributed by atoms with E-state index in [1.165, 1.54) is 4.31 Å². The molecule has 0 aliphatic carbocycles. The van der Waals surface area contributed by atoms with Crippen LogP contribution in [0.15, 0.2) is 65.6 Å². The van der Waals surface area contributed by atoms with Gasteiger partial charge in [0.1, 0.15) is 0 Å². The van der Waals surface area contributed by atoms with Crippen molar-refractivity contribution in [2.24, 2.45) is 0 Å². The second-order valence-electron chi connectivity index (χ2n) is 8.06. The topological polar surface area (TPSA) is 69.7 Å². The van der Waals surface area contributed by atoms with Crippen LogP contribution in [0, 0.1) is 13.8 Å². The minimum Gasteiger partial charge on any atom is -0.325 e. The van der Waals surface area contributed by atoms with E-state index in [0.717, 1.165) is 27.6 Å². The Balaban J connectivity index is 1.35. The first-order chi connectivity index (χ1) is 14.8. The number of fused-ring (bicyclic) bond motifs is 1. The van der Waals surface area contributed by atoms with Crippen LogP contribution in [-0.2, 0) is 14.8 Å². The summed E-state index contributed by atoms with van der Waals surface area (Å²) >= 11 is 0. The summed E-state index contributed by atoms with van der Waals surface area (Å²) in [5.74, 6) is -0.0962. The molecule has 0 radical (unpaired) electrons. The van der Waals surface area contributed by atoms with E-state index in [4.69, 9.17) is 0 Å². The molecule has 7 heteroatoms. The second kappa shape index (κ2) is 8.78. The molecule has 1 fully saturated rings. The lowest BCUT2D eigenvalue weighted by Gasteiger charge is -2.33. The van der Waals surface area contributed by atoms with Crippen LogP contribution in [0.1, 0.15) is 11.1 Å². The van der Waals surface area contributed by atoms with E-state index >= 15 is 0 Å². The van der Waals surface area contributed by atoms with Crippen molar-refractivity contribution in [3.05, 3.63) is 71.8 Å². The molecule has 31 heavy (non-hydrogen) atoms. The van der Waals surface area contributed by atoms with E-state index in [9.17, 15) is 13.2 Å². The van der Waals surface area contributed by atoms with Gasteiger partial charge in [-0.05, 0) is 53.9 Å². The molecule has 0 atom stereocenters. The summed E-state index contributed by atoms with van der Waals surface area (Å²) in [7, 11) is -3.53. The maximum absolute atomic E-state index is 13.1. The number of nitrogens with one attached hydrogen (secondary N) is 1. The van der Waals surface area contributed by atoms with Crippen LogP contribution in [0.3, 0.4) is 0 Å². The second-order valence-corrected chi connectivity index (χ2v) is 9.97. The lowest BCUT2D eigenvalue weighted by Crippen LogP contribution is -2.50. The van der Waals surface area contributed by atoms with E-state index in [1.54, 1.807) is 6.07 Å². The molecule has 1 aliphatic rings. The number of piperazine rings is 1. The normalized spacial score (nSPS) is 15.8. The predicted octanol–water partition coefficient (Wildman–Crippen LogP) is 3.40. The van der Waals surface area contributed by atoms with Gasteiger partial charge in [-0.15, -0.1) is 0 Å². The molecule has 1 amide bonds. The van der Waals surface area contributed by atoms with Gasteiger partial charge in [0.2, 0.25) is 15.9 Å². The first-order valence-corrected chi connectivity index (χ1v) is 11.9. The number of hydrogen-bond donors (Lipinski definition) is 1. The zero-order valence-corrected chi connectivity index (χ0v) is 18.7. The number of hydrogen-bond acceptors (Lipinski definition) is 4. The van der Waals surface area contributed by atoms with Gasteiger partial charge in [0.25, 0.3) is 0 Å². The zero-order chi connectivity index (χ0) is 22.0. The minimum absolute atomic E-state index is 0.0962. The van der Waals surface area contributed by atoms with Crippen LogP contribution in [0.5, 0.6) is 0 Å². The Morgan fingerprint density at radius 3 is 2.35 bits per heavy atom. The molecule has 0 spiro atoms. The largest absolute Gasteiger partial charge is 0.325 e. The predicted molar refractivity (Wildman–Crippen MR) is 124 cm³/mol. The number of amides is 1. The summed E-state index contributed by atoms with van der Waals surface area (Å²) in [6, 6.07) is 19.3. The number of aryl methyl sites for hydroxylation is 2. The van der Waals surface area contributed by atoms with E-state index in [1.807, 2.05) is 73.3 Å². The molecule has 6 nitrogen and oxygen atoms in total. The van der Waals surface area contributed by atoms with Crippen molar-refractivity contribution in [1.29, 1.82) is 0 Å². The molecule has 4 rings (SSSR count). The maximum atomic E-state index is 13.1. The summed E-state index contributed by atoms with van der Waals surface area (Å²) < 4.78 is 27.7. The van der Waals surface area contributed by atoms with Gasteiger partial charge in [-0.25, -0.2) is 8.42 Å². The summed E-state index contributed by atoms with van der Waals surface area (Å²) in [6.45, 7) is 5.75. The van der Waals surface area contributed by atoms with Gasteiger partial charge in [0.15, 0.2) is 0 Å². The third kappa shape index (κ3) is 4.79. The highest BCUT2D eigenvalue weighted by Crippen LogP contribution is 2.23. The fourth-order valence-corrected chi connectivity index (χ4v) is 5.65. The lowest BCUT2D eigenvalue weighted by molar-refractivity contribution is -0.117. The Kier molecular flexibility index (Phi) is 6.09. The summed E-state index contributed by atoms with van der Waals surface area (Å²) in [5.41, 5.74) is 2.44. The molecule has 1 aliphatic heterocycles. The van der Waals surface area contributed by atoms with Gasteiger partial charge >= 0.3 is 0 Å². The van der Waals surface area contributed by atoms with Crippen molar-refractivity contribution in [2.45, 2.75) is 18.7 Å². The SMILES string of the molecule is Cc1ccc(C)c(S(=O)(=O)N2CCN(CC(=O)Nc3ccc4ccccc4c3)CC2)c1. The average Bonchev–Trinajstić information content (AvgIpc) is 2.75. The van der Waals surface area contributed by atoms with Crippen LogP contribution in [0.2, 0.25) is 0 Å². The Morgan fingerprint density at radius 2 is 1.61 bits per heavy atom. The smallest absolute Gasteiger partial charge is 0.243 e. The van der Waals surface area contributed by atoms with Crippen LogP contribution >= 0.6 is 0 Å². The molecule has 0 saturated carbocycles. The Hall–Kier alpha value is -2.74. The first-order valence-electron chi connectivity index (χ1n) is 10.4. The number of benzene rings is 3. The van der Waals surface area contributed by atoms with Crippen molar-refractivity contribution >= 4 is 32.4 Å². The Bertz CT molecular complexity index is 1220. The number of rotatable bonds is 5. The molecule has 3 aromatic rings. The maximum Gasteiger partial charge on any atom is 0.243 e. The molecular weight excluding hydrogens is 410 g/mol. The van der Waals surface area contributed by atoms with Gasteiger partial charge in [-0.2, -0.15) is 4.31 Å². The van der Waals surface area contributed by atoms with E-state index in [0.29, 0.717) is 31.1 Å². The fraction of sp³-hybridized carbons (Fsp3) is 0.292. The summed E-state index contributed by atoms with van der Waals surface area (Å²) in [5, 5.41) is 5.15. The quantitative estimate of drug-likeness (QED) is 0.664. The minimum atomic E-state index is -3.53. The number of anilines is 1. The van der Waals surface area contributed by atoms with Crippen LogP contribution < -0.4 is 5.32 Å². The van der Waals surface area contributed by atoms with Crippen LogP contribution in [0.25, 0.3) is 10.8 Å². The monoisotopic (exact) mass is 437 g/mol. The molecule has 162 valence electrons. The van der Waals surface area contributed by atoms with Crippen LogP contribution in [-0.4, -0.2) is 56.3 Å². The number of sulfonamides is 1. The van der Waals surface area contributed by atoms with E-state index in [-0.39, 0.29) is 12.5 Å². The van der Waals surface area contributed by atoms with E-state index in [2.05, 4.69) is 5.32 Å². The van der Waals surface area contributed by atoms with Gasteiger partial charge in [-0.1, -0.05) is 42.5 Å². The van der Waals surface area contributed by atoms with Crippen molar-refractivity contribution < 1.29 is 13.2 Å². The molecule has 1 heterocycles. The zero-order valence-electron chi connectivity index (χ0n) is 17.8. The first kappa shape index (κ1) is 21.5. The number of nitrogens with zero attached hydrogens (tertiary/aromatic N) is 2. The molecule has 1 saturated heterocycles. The van der Waals surface area contributed by atoms with Crippen molar-refractivity contribution in [3.63, 3.8) is 0 Å².